The molecule has 6 heteroatoms. The van der Waals surface area contributed by atoms with Crippen LogP contribution in [0.1, 0.15) is 28.0 Å². The van der Waals surface area contributed by atoms with Crippen LogP contribution in [0.15, 0.2) is 30.5 Å². The number of carbonyl (C=O) groups is 1. The molecule has 6 nitrogen and oxygen atoms in total. The molecule has 1 aliphatic rings. The average Bonchev–Trinajstić information content (AvgIpc) is 3.08. The molecule has 21 heavy (non-hydrogen) atoms. The Morgan fingerprint density at radius 1 is 1.43 bits per heavy atom. The molecular formula is C15H17N3O3. The third-order valence-electron chi connectivity index (χ3n) is 3.92. The van der Waals surface area contributed by atoms with E-state index in [0.717, 1.165) is 5.56 Å². The van der Waals surface area contributed by atoms with Crippen molar-refractivity contribution in [2.24, 2.45) is 0 Å². The van der Waals surface area contributed by atoms with Crippen LogP contribution in [-0.4, -0.2) is 44.3 Å². The fraction of sp³-hybridized carbons (Fsp3) is 0.333. The van der Waals surface area contributed by atoms with Crippen LogP contribution in [0.5, 0.6) is 5.75 Å². The van der Waals surface area contributed by atoms with Gasteiger partial charge in [-0.15, -0.1) is 0 Å². The van der Waals surface area contributed by atoms with Gasteiger partial charge in [-0.05, 0) is 30.7 Å². The number of carbonyl (C=O) groups excluding carboxylic acids is 1. The van der Waals surface area contributed by atoms with E-state index < -0.39 is 5.60 Å². The van der Waals surface area contributed by atoms with Crippen LogP contribution < -0.4 is 0 Å². The molecule has 1 unspecified atom stereocenters. The lowest BCUT2D eigenvalue weighted by Gasteiger charge is -2.22. The summed E-state index contributed by atoms with van der Waals surface area (Å²) in [6, 6.07) is 6.66. The number of phenolic OH excluding ortho intramolecular Hbond substituents is 1. The van der Waals surface area contributed by atoms with Gasteiger partial charge < -0.3 is 15.1 Å². The minimum atomic E-state index is -1.10. The molecule has 1 aromatic heterocycles. The van der Waals surface area contributed by atoms with Gasteiger partial charge in [0.05, 0.1) is 17.8 Å². The SMILES string of the molecule is Cc1ccc(C(=O)N2CCC(O)(c3ccn[nH]3)C2)c(O)c1. The maximum absolute atomic E-state index is 12.5. The number of rotatable bonds is 2. The lowest BCUT2D eigenvalue weighted by atomic mass is 9.99. The molecule has 0 spiro atoms. The molecule has 3 N–H and O–H groups in total. The zero-order chi connectivity index (χ0) is 15.0. The van der Waals surface area contributed by atoms with Gasteiger partial charge in [-0.3, -0.25) is 9.89 Å². The van der Waals surface area contributed by atoms with Crippen LogP contribution in [0, 0.1) is 6.92 Å². The number of β-amino-alcohol motifs (C(OH)–C–C–N with tert-alkyl or cyclic N) is 1. The Morgan fingerprint density at radius 2 is 2.24 bits per heavy atom. The summed E-state index contributed by atoms with van der Waals surface area (Å²) in [5.74, 6) is -0.306. The maximum atomic E-state index is 12.5. The number of aromatic amines is 1. The molecule has 2 heterocycles. The molecule has 1 aromatic carbocycles. The number of aromatic hydroxyl groups is 1. The molecule has 0 bridgehead atoms. The summed E-state index contributed by atoms with van der Waals surface area (Å²) in [5, 5.41) is 27.1. The van der Waals surface area contributed by atoms with Crippen molar-refractivity contribution in [1.82, 2.24) is 15.1 Å². The summed E-state index contributed by atoms with van der Waals surface area (Å²) >= 11 is 0. The molecular weight excluding hydrogens is 270 g/mol. The molecule has 0 radical (unpaired) electrons. The quantitative estimate of drug-likeness (QED) is 0.773. The van der Waals surface area contributed by atoms with Gasteiger partial charge in [0.1, 0.15) is 11.4 Å². The van der Waals surface area contributed by atoms with Gasteiger partial charge in [-0.25, -0.2) is 0 Å². The third-order valence-corrected chi connectivity index (χ3v) is 3.92. The molecule has 0 aliphatic carbocycles. The van der Waals surface area contributed by atoms with Crippen molar-refractivity contribution < 1.29 is 15.0 Å². The second-order valence-electron chi connectivity index (χ2n) is 5.50. The Labute approximate surface area is 122 Å². The van der Waals surface area contributed by atoms with Crippen molar-refractivity contribution in [2.75, 3.05) is 13.1 Å². The highest BCUT2D eigenvalue weighted by molar-refractivity contribution is 5.97. The van der Waals surface area contributed by atoms with Crippen LogP contribution in [0.2, 0.25) is 0 Å². The number of phenols is 1. The molecule has 3 rings (SSSR count). The first kappa shape index (κ1) is 13.6. The lowest BCUT2D eigenvalue weighted by molar-refractivity contribution is 0.0381. The lowest BCUT2D eigenvalue weighted by Crippen LogP contribution is -2.34. The predicted molar refractivity (Wildman–Crippen MR) is 75.8 cm³/mol. The summed E-state index contributed by atoms with van der Waals surface area (Å²) in [5.41, 5.74) is 0.645. The number of hydrogen-bond acceptors (Lipinski definition) is 4. The number of benzene rings is 1. The molecule has 1 aliphatic heterocycles. The molecule has 0 saturated carbocycles. The maximum Gasteiger partial charge on any atom is 0.257 e. The molecule has 2 aromatic rings. The number of aromatic nitrogens is 2. The van der Waals surface area contributed by atoms with Crippen LogP contribution >= 0.6 is 0 Å². The number of likely N-dealkylation sites (tertiary alicyclic amines) is 1. The largest absolute Gasteiger partial charge is 0.507 e. The number of nitrogens with zero attached hydrogens (tertiary/aromatic N) is 2. The van der Waals surface area contributed by atoms with Crippen molar-refractivity contribution in [2.45, 2.75) is 18.9 Å². The smallest absolute Gasteiger partial charge is 0.257 e. The number of H-pyrrole nitrogens is 1. The molecule has 1 amide bonds. The first-order valence-corrected chi connectivity index (χ1v) is 6.81. The van der Waals surface area contributed by atoms with E-state index in [-0.39, 0.29) is 23.8 Å². The highest BCUT2D eigenvalue weighted by Gasteiger charge is 2.41. The van der Waals surface area contributed by atoms with Gasteiger partial charge in [0.2, 0.25) is 0 Å². The standard InChI is InChI=1S/C15H17N3O3/c1-10-2-3-11(12(19)8-10)14(20)18-7-5-15(21,9-18)13-4-6-16-17-13/h2-4,6,8,19,21H,5,7,9H2,1H3,(H,16,17). The van der Waals surface area contributed by atoms with Gasteiger partial charge in [-0.2, -0.15) is 5.10 Å². The van der Waals surface area contributed by atoms with Crippen molar-refractivity contribution in [3.8, 4) is 5.75 Å². The number of aliphatic hydroxyl groups is 1. The predicted octanol–water partition coefficient (Wildman–Crippen LogP) is 1.16. The Kier molecular flexibility index (Phi) is 3.17. The van der Waals surface area contributed by atoms with Crippen LogP contribution in [-0.2, 0) is 5.60 Å². The number of nitrogens with one attached hydrogen (secondary N) is 1. The van der Waals surface area contributed by atoms with Crippen LogP contribution in [0.3, 0.4) is 0 Å². The summed E-state index contributed by atoms with van der Waals surface area (Å²) in [7, 11) is 0. The van der Waals surface area contributed by atoms with E-state index in [1.807, 2.05) is 6.92 Å². The number of aryl methyl sites for hydroxylation is 1. The summed E-state index contributed by atoms with van der Waals surface area (Å²) in [6.07, 6.45) is 2.01. The highest BCUT2D eigenvalue weighted by atomic mass is 16.3. The van der Waals surface area contributed by atoms with E-state index in [1.165, 1.54) is 0 Å². The van der Waals surface area contributed by atoms with Gasteiger partial charge in [0.25, 0.3) is 5.91 Å². The summed E-state index contributed by atoms with van der Waals surface area (Å²) in [6.45, 7) is 2.46. The summed E-state index contributed by atoms with van der Waals surface area (Å²) in [4.78, 5) is 14.0. The van der Waals surface area contributed by atoms with Gasteiger partial charge in [0, 0.05) is 19.2 Å². The monoisotopic (exact) mass is 287 g/mol. The Hall–Kier alpha value is -2.34. The second kappa shape index (κ2) is 4.89. The van der Waals surface area contributed by atoms with E-state index >= 15 is 0 Å². The van der Waals surface area contributed by atoms with E-state index in [4.69, 9.17) is 0 Å². The van der Waals surface area contributed by atoms with E-state index in [9.17, 15) is 15.0 Å². The van der Waals surface area contributed by atoms with Crippen LogP contribution in [0.4, 0.5) is 0 Å². The van der Waals surface area contributed by atoms with Crippen molar-refractivity contribution in [3.63, 3.8) is 0 Å². The van der Waals surface area contributed by atoms with Crippen molar-refractivity contribution >= 4 is 5.91 Å². The van der Waals surface area contributed by atoms with E-state index in [0.29, 0.717) is 18.7 Å². The fourth-order valence-electron chi connectivity index (χ4n) is 2.69. The normalized spacial score (nSPS) is 21.7. The van der Waals surface area contributed by atoms with Gasteiger partial charge in [0.15, 0.2) is 0 Å². The Morgan fingerprint density at radius 3 is 2.90 bits per heavy atom. The second-order valence-corrected chi connectivity index (χ2v) is 5.50. The molecule has 1 fully saturated rings. The third kappa shape index (κ3) is 2.38. The topological polar surface area (TPSA) is 89.5 Å². The zero-order valence-corrected chi connectivity index (χ0v) is 11.7. The average molecular weight is 287 g/mol. The first-order chi connectivity index (χ1) is 9.99. The van der Waals surface area contributed by atoms with E-state index in [1.54, 1.807) is 35.4 Å². The van der Waals surface area contributed by atoms with E-state index in [2.05, 4.69) is 10.2 Å². The zero-order valence-electron chi connectivity index (χ0n) is 11.7. The van der Waals surface area contributed by atoms with Crippen molar-refractivity contribution in [1.29, 1.82) is 0 Å². The molecule has 110 valence electrons. The molecule has 1 saturated heterocycles. The van der Waals surface area contributed by atoms with Crippen molar-refractivity contribution in [3.05, 3.63) is 47.3 Å². The van der Waals surface area contributed by atoms with Gasteiger partial charge >= 0.3 is 0 Å². The highest BCUT2D eigenvalue weighted by Crippen LogP contribution is 2.32. The first-order valence-electron chi connectivity index (χ1n) is 6.81. The summed E-state index contributed by atoms with van der Waals surface area (Å²) < 4.78 is 0. The number of hydrogen-bond donors (Lipinski definition) is 3. The fourth-order valence-corrected chi connectivity index (χ4v) is 2.69. The number of amides is 1. The van der Waals surface area contributed by atoms with Crippen LogP contribution in [0.25, 0.3) is 0 Å². The molecule has 1 atom stereocenters. The Bertz CT molecular complexity index is 669. The minimum Gasteiger partial charge on any atom is -0.507 e. The van der Waals surface area contributed by atoms with Gasteiger partial charge in [-0.1, -0.05) is 6.07 Å². The minimum absolute atomic E-state index is 0.0306. The Balaban J connectivity index is 1.81.